The highest BCUT2D eigenvalue weighted by molar-refractivity contribution is 7.80. The van der Waals surface area contributed by atoms with Gasteiger partial charge in [0, 0.05) is 23.7 Å². The Balaban J connectivity index is 1.71. The first-order valence-electron chi connectivity index (χ1n) is 8.55. The van der Waals surface area contributed by atoms with Crippen LogP contribution in [0.4, 0.5) is 5.69 Å². The maximum Gasteiger partial charge on any atom is 0.171 e. The Labute approximate surface area is 154 Å². The summed E-state index contributed by atoms with van der Waals surface area (Å²) in [6.07, 6.45) is 0.838. The summed E-state index contributed by atoms with van der Waals surface area (Å²) in [5.74, 6) is 1.74. The van der Waals surface area contributed by atoms with Crippen molar-refractivity contribution in [3.63, 3.8) is 0 Å². The fraction of sp³-hybridized carbons (Fsp3) is 0.350. The minimum Gasteiger partial charge on any atom is -0.494 e. The van der Waals surface area contributed by atoms with Crippen LogP contribution in [0, 0.1) is 0 Å². The van der Waals surface area contributed by atoms with Crippen LogP contribution < -0.4 is 20.1 Å². The van der Waals surface area contributed by atoms with Gasteiger partial charge in [0.1, 0.15) is 17.1 Å². The van der Waals surface area contributed by atoms with Gasteiger partial charge in [-0.3, -0.25) is 0 Å². The molecule has 0 bridgehead atoms. The van der Waals surface area contributed by atoms with Gasteiger partial charge in [-0.05, 0) is 51.2 Å². The molecule has 2 aromatic carbocycles. The molecule has 3 rings (SSSR count). The fourth-order valence-corrected chi connectivity index (χ4v) is 3.35. The van der Waals surface area contributed by atoms with Gasteiger partial charge in [-0.25, -0.2) is 0 Å². The van der Waals surface area contributed by atoms with Crippen molar-refractivity contribution in [2.24, 2.45) is 0 Å². The molecule has 0 aromatic heterocycles. The van der Waals surface area contributed by atoms with E-state index >= 15 is 0 Å². The van der Waals surface area contributed by atoms with Crippen molar-refractivity contribution in [1.82, 2.24) is 5.32 Å². The Morgan fingerprint density at radius 1 is 1.24 bits per heavy atom. The third kappa shape index (κ3) is 4.42. The minimum atomic E-state index is -0.240. The van der Waals surface area contributed by atoms with Crippen LogP contribution >= 0.6 is 12.2 Å². The second-order valence-electron chi connectivity index (χ2n) is 6.72. The Kier molecular flexibility index (Phi) is 5.13. The van der Waals surface area contributed by atoms with Crippen LogP contribution in [0.5, 0.6) is 11.5 Å². The Hall–Kier alpha value is -2.27. The molecule has 2 N–H and O–H groups in total. The lowest BCUT2D eigenvalue weighted by Crippen LogP contribution is -2.42. The van der Waals surface area contributed by atoms with Crippen LogP contribution in [-0.4, -0.2) is 17.3 Å². The number of hydrogen-bond acceptors (Lipinski definition) is 3. The van der Waals surface area contributed by atoms with E-state index in [0.717, 1.165) is 29.2 Å². The number of hydrogen-bond donors (Lipinski definition) is 2. The van der Waals surface area contributed by atoms with E-state index in [2.05, 4.69) is 30.5 Å². The number of fused-ring (bicyclic) bond motifs is 1. The summed E-state index contributed by atoms with van der Waals surface area (Å²) >= 11 is 5.52. The zero-order chi connectivity index (χ0) is 17.9. The Bertz CT molecular complexity index is 761. The maximum absolute atomic E-state index is 6.07. The molecule has 132 valence electrons. The maximum atomic E-state index is 6.07. The first-order chi connectivity index (χ1) is 12.0. The van der Waals surface area contributed by atoms with Gasteiger partial charge in [0.15, 0.2) is 5.11 Å². The zero-order valence-electron chi connectivity index (χ0n) is 14.8. The summed E-state index contributed by atoms with van der Waals surface area (Å²) in [5, 5.41) is 7.26. The average molecular weight is 356 g/mol. The highest BCUT2D eigenvalue weighted by Crippen LogP contribution is 2.39. The quantitative estimate of drug-likeness (QED) is 0.779. The van der Waals surface area contributed by atoms with E-state index in [-0.39, 0.29) is 11.6 Å². The third-order valence-corrected chi connectivity index (χ3v) is 4.30. The number of benzene rings is 2. The van der Waals surface area contributed by atoms with E-state index in [9.17, 15) is 0 Å². The number of ether oxygens (including phenoxy) is 2. The van der Waals surface area contributed by atoms with E-state index in [1.807, 2.05) is 49.4 Å². The number of para-hydroxylation sites is 1. The highest BCUT2D eigenvalue weighted by atomic mass is 32.1. The molecule has 1 atom stereocenters. The molecule has 0 aliphatic carbocycles. The second-order valence-corrected chi connectivity index (χ2v) is 7.12. The molecule has 0 radical (unpaired) electrons. The molecule has 1 aliphatic rings. The van der Waals surface area contributed by atoms with Crippen LogP contribution in [0.2, 0.25) is 0 Å². The van der Waals surface area contributed by atoms with Crippen molar-refractivity contribution in [2.75, 3.05) is 11.9 Å². The molecule has 25 heavy (non-hydrogen) atoms. The number of anilines is 1. The normalized spacial score (nSPS) is 17.8. The molecule has 0 fully saturated rings. The van der Waals surface area contributed by atoms with Crippen molar-refractivity contribution < 1.29 is 9.47 Å². The molecule has 0 unspecified atom stereocenters. The first-order valence-corrected chi connectivity index (χ1v) is 8.96. The molecule has 0 spiro atoms. The summed E-state index contributed by atoms with van der Waals surface area (Å²) in [6, 6.07) is 16.0. The van der Waals surface area contributed by atoms with Gasteiger partial charge in [-0.1, -0.05) is 24.3 Å². The molecular formula is C20H24N2O2S. The van der Waals surface area contributed by atoms with Crippen LogP contribution in [0.25, 0.3) is 0 Å². The van der Waals surface area contributed by atoms with E-state index in [1.54, 1.807) is 0 Å². The number of rotatable bonds is 4. The van der Waals surface area contributed by atoms with Crippen molar-refractivity contribution in [1.29, 1.82) is 0 Å². The fourth-order valence-electron chi connectivity index (χ4n) is 3.09. The van der Waals surface area contributed by atoms with E-state index in [0.29, 0.717) is 11.7 Å². The molecule has 2 aromatic rings. The predicted octanol–water partition coefficient (Wildman–Crippen LogP) is 4.67. The first kappa shape index (κ1) is 17.5. The summed E-state index contributed by atoms with van der Waals surface area (Å²) in [6.45, 7) is 6.80. The van der Waals surface area contributed by atoms with E-state index < -0.39 is 0 Å². The van der Waals surface area contributed by atoms with Crippen LogP contribution in [0.1, 0.15) is 38.8 Å². The highest BCUT2D eigenvalue weighted by Gasteiger charge is 2.33. The monoisotopic (exact) mass is 356 g/mol. The third-order valence-electron chi connectivity index (χ3n) is 4.08. The van der Waals surface area contributed by atoms with Gasteiger partial charge >= 0.3 is 0 Å². The lowest BCUT2D eigenvalue weighted by Gasteiger charge is -2.38. The topological polar surface area (TPSA) is 42.5 Å². The van der Waals surface area contributed by atoms with Gasteiger partial charge in [0.25, 0.3) is 0 Å². The predicted molar refractivity (Wildman–Crippen MR) is 105 cm³/mol. The van der Waals surface area contributed by atoms with Crippen LogP contribution in [0.3, 0.4) is 0 Å². The SMILES string of the molecule is CCOc1cccc(NC(=S)N[C@H]2CC(C)(C)Oc3ccccc32)c1. The van der Waals surface area contributed by atoms with Crippen molar-refractivity contribution in [3.8, 4) is 11.5 Å². The van der Waals surface area contributed by atoms with E-state index in [4.69, 9.17) is 21.7 Å². The molecule has 0 saturated heterocycles. The second kappa shape index (κ2) is 7.31. The largest absolute Gasteiger partial charge is 0.494 e. The Morgan fingerprint density at radius 2 is 2.04 bits per heavy atom. The van der Waals surface area contributed by atoms with Crippen molar-refractivity contribution >= 4 is 23.0 Å². The smallest absolute Gasteiger partial charge is 0.171 e. The van der Waals surface area contributed by atoms with Gasteiger partial charge in [-0.2, -0.15) is 0 Å². The minimum absolute atomic E-state index is 0.107. The summed E-state index contributed by atoms with van der Waals surface area (Å²) in [5.41, 5.74) is 1.80. The van der Waals surface area contributed by atoms with Gasteiger partial charge in [0.2, 0.25) is 0 Å². The zero-order valence-corrected chi connectivity index (χ0v) is 15.7. The lowest BCUT2D eigenvalue weighted by molar-refractivity contribution is 0.0697. The van der Waals surface area contributed by atoms with Crippen LogP contribution in [-0.2, 0) is 0 Å². The molecule has 1 heterocycles. The van der Waals surface area contributed by atoms with Crippen molar-refractivity contribution in [2.45, 2.75) is 38.8 Å². The average Bonchev–Trinajstić information content (AvgIpc) is 2.54. The van der Waals surface area contributed by atoms with Crippen molar-refractivity contribution in [3.05, 3.63) is 54.1 Å². The van der Waals surface area contributed by atoms with Gasteiger partial charge < -0.3 is 20.1 Å². The molecular weight excluding hydrogens is 332 g/mol. The molecule has 1 aliphatic heterocycles. The van der Waals surface area contributed by atoms with Crippen LogP contribution in [0.15, 0.2) is 48.5 Å². The van der Waals surface area contributed by atoms with Gasteiger partial charge in [-0.15, -0.1) is 0 Å². The number of thiocarbonyl (C=S) groups is 1. The molecule has 5 heteroatoms. The molecule has 0 saturated carbocycles. The Morgan fingerprint density at radius 3 is 2.84 bits per heavy atom. The van der Waals surface area contributed by atoms with E-state index in [1.165, 1.54) is 0 Å². The molecule has 0 amide bonds. The lowest BCUT2D eigenvalue weighted by atomic mass is 9.90. The number of nitrogens with one attached hydrogen (secondary N) is 2. The summed E-state index contributed by atoms with van der Waals surface area (Å²) < 4.78 is 11.6. The summed E-state index contributed by atoms with van der Waals surface area (Å²) in [7, 11) is 0. The standard InChI is InChI=1S/C20H24N2O2S/c1-4-23-15-9-7-8-14(12-15)21-19(25)22-17-13-20(2,3)24-18-11-6-5-10-16(17)18/h5-12,17H,4,13H2,1-3H3,(H2,21,22,25)/t17-/m0/s1. The molecule has 4 nitrogen and oxygen atoms in total. The van der Waals surface area contributed by atoms with Gasteiger partial charge in [0.05, 0.1) is 12.6 Å². The summed E-state index contributed by atoms with van der Waals surface area (Å²) in [4.78, 5) is 0.